The Morgan fingerprint density at radius 1 is 1.14 bits per heavy atom. The van der Waals surface area contributed by atoms with Gasteiger partial charge in [0.25, 0.3) is 0 Å². The van der Waals surface area contributed by atoms with Crippen LogP contribution < -0.4 is 4.90 Å². The van der Waals surface area contributed by atoms with Crippen LogP contribution >= 0.6 is 11.6 Å². The Morgan fingerprint density at radius 2 is 1.89 bits per heavy atom. The summed E-state index contributed by atoms with van der Waals surface area (Å²) in [6, 6.07) is 22.0. The van der Waals surface area contributed by atoms with Crippen molar-refractivity contribution in [1.29, 1.82) is 0 Å². The summed E-state index contributed by atoms with van der Waals surface area (Å²) in [4.78, 5) is 14.1. The van der Waals surface area contributed by atoms with Crippen molar-refractivity contribution in [2.75, 3.05) is 11.4 Å². The van der Waals surface area contributed by atoms with Crippen molar-refractivity contribution in [2.24, 2.45) is 11.8 Å². The third-order valence-corrected chi connectivity index (χ3v) is 8.82. The Kier molecular flexibility index (Phi) is 8.10. The van der Waals surface area contributed by atoms with Crippen LogP contribution in [0.25, 0.3) is 11.1 Å². The standard InChI is InChI=1S/C29H32ClNO3S/c1-19(2)14-23-18-31(24-10-5-4-6-11-24)27-17-26(30)25(16-28(27)35(34)20(23)3)22-9-7-8-21(15-22)12-13-29(32)33/h4-11,15-17,19-20,23H,12-14,18H2,1-3H3,(H,32,33)/t20?,23-/m1/s1. The van der Waals surface area contributed by atoms with E-state index in [-0.39, 0.29) is 17.6 Å². The fourth-order valence-corrected chi connectivity index (χ4v) is 6.69. The number of nitrogens with zero attached hydrogens (tertiary/aromatic N) is 1. The SMILES string of the molecule is CC(C)C[C@@H]1CN(c2ccccc2)c2cc(Cl)c(-c3cccc(CCC(=O)O)c3)cc2[S-](#[O+])C1C. The van der Waals surface area contributed by atoms with Crippen molar-refractivity contribution in [1.82, 2.24) is 0 Å². The first-order valence-corrected chi connectivity index (χ1v) is 13.7. The molecular formula is C29H32ClNO3S. The molecule has 1 unspecified atom stereocenters. The average Bonchev–Trinajstić information content (AvgIpc) is 2.93. The van der Waals surface area contributed by atoms with E-state index in [4.69, 9.17) is 16.7 Å². The van der Waals surface area contributed by atoms with E-state index in [2.05, 4.69) is 37.8 Å². The van der Waals surface area contributed by atoms with Crippen LogP contribution in [0.2, 0.25) is 5.02 Å². The Labute approximate surface area is 215 Å². The summed E-state index contributed by atoms with van der Waals surface area (Å²) in [5, 5.41) is 9.64. The number of para-hydroxylation sites is 1. The van der Waals surface area contributed by atoms with Gasteiger partial charge in [0.2, 0.25) is 0 Å². The average molecular weight is 510 g/mol. The van der Waals surface area contributed by atoms with Crippen molar-refractivity contribution in [3.8, 4) is 11.1 Å². The quantitative estimate of drug-likeness (QED) is 0.264. The van der Waals surface area contributed by atoms with Gasteiger partial charge in [-0.1, -0.05) is 0 Å². The number of anilines is 2. The van der Waals surface area contributed by atoms with Crippen molar-refractivity contribution in [3.05, 3.63) is 77.3 Å². The second kappa shape index (κ2) is 11.1. The number of rotatable bonds is 7. The molecule has 0 amide bonds. The summed E-state index contributed by atoms with van der Waals surface area (Å²) in [5.41, 5.74) is 4.61. The van der Waals surface area contributed by atoms with Gasteiger partial charge in [0.1, 0.15) is 0 Å². The van der Waals surface area contributed by atoms with Gasteiger partial charge in [0.15, 0.2) is 0 Å². The van der Waals surface area contributed by atoms with Crippen LogP contribution in [0.4, 0.5) is 11.4 Å². The monoisotopic (exact) mass is 509 g/mol. The molecule has 0 bridgehead atoms. The zero-order chi connectivity index (χ0) is 25.1. The van der Waals surface area contributed by atoms with E-state index < -0.39 is 16.6 Å². The molecule has 6 heteroatoms. The number of benzene rings is 3. The number of hydrogen-bond donors (Lipinski definition) is 1. The molecule has 2 atom stereocenters. The van der Waals surface area contributed by atoms with Crippen LogP contribution in [-0.4, -0.2) is 22.9 Å². The van der Waals surface area contributed by atoms with Crippen LogP contribution in [0, 0.1) is 11.8 Å². The number of carboxylic acids is 1. The molecule has 3 aromatic carbocycles. The number of carboxylic acid groups (broad SMARTS) is 1. The third kappa shape index (κ3) is 5.85. The van der Waals surface area contributed by atoms with Crippen molar-refractivity contribution < 1.29 is 13.9 Å². The number of fused-ring (bicyclic) bond motifs is 1. The molecule has 1 aliphatic rings. The van der Waals surface area contributed by atoms with E-state index in [1.807, 2.05) is 54.6 Å². The van der Waals surface area contributed by atoms with E-state index in [9.17, 15) is 8.84 Å². The normalized spacial score (nSPS) is 18.3. The molecule has 0 saturated carbocycles. The summed E-state index contributed by atoms with van der Waals surface area (Å²) in [6.07, 6.45) is 1.52. The fraction of sp³-hybridized carbons (Fsp3) is 0.345. The van der Waals surface area contributed by atoms with Crippen molar-refractivity contribution >= 4 is 39.6 Å². The second-order valence-corrected chi connectivity index (χ2v) is 11.9. The van der Waals surface area contributed by atoms with Gasteiger partial charge >= 0.3 is 215 Å². The van der Waals surface area contributed by atoms with Gasteiger partial charge in [0.05, 0.1) is 0 Å². The molecule has 0 radical (unpaired) electrons. The van der Waals surface area contributed by atoms with Gasteiger partial charge in [0, 0.05) is 0 Å². The van der Waals surface area contributed by atoms with Gasteiger partial charge < -0.3 is 0 Å². The summed E-state index contributed by atoms with van der Waals surface area (Å²) >= 11 is 6.87. The second-order valence-electron chi connectivity index (χ2n) is 9.73. The van der Waals surface area contributed by atoms with E-state index in [0.717, 1.165) is 45.9 Å². The zero-order valence-electron chi connectivity index (χ0n) is 20.4. The summed E-state index contributed by atoms with van der Waals surface area (Å²) < 4.78 is 13.9. The number of hydrogen-bond acceptors (Lipinski definition) is 3. The molecule has 0 saturated heterocycles. The summed E-state index contributed by atoms with van der Waals surface area (Å²) in [6.45, 7) is 7.31. The molecule has 1 heterocycles. The van der Waals surface area contributed by atoms with E-state index in [1.54, 1.807) is 0 Å². The Hall–Kier alpha value is -2.47. The molecule has 3 aromatic rings. The van der Waals surface area contributed by atoms with Crippen LogP contribution in [-0.2, 0) is 25.9 Å². The number of aliphatic carboxylic acids is 1. The molecule has 0 aliphatic carbocycles. The van der Waals surface area contributed by atoms with Crippen LogP contribution in [0.5, 0.6) is 0 Å². The molecule has 1 N–H and O–H groups in total. The minimum absolute atomic E-state index is 0.000730. The van der Waals surface area contributed by atoms with Gasteiger partial charge in [-0.05, 0) is 0 Å². The summed E-state index contributed by atoms with van der Waals surface area (Å²) in [7, 11) is -1.20. The Bertz CT molecular complexity index is 1280. The van der Waals surface area contributed by atoms with E-state index in [0.29, 0.717) is 17.4 Å². The molecule has 35 heavy (non-hydrogen) atoms. The van der Waals surface area contributed by atoms with Gasteiger partial charge in [-0.25, -0.2) is 0 Å². The molecule has 0 aromatic heterocycles. The molecule has 1 aliphatic heterocycles. The van der Waals surface area contributed by atoms with Crippen molar-refractivity contribution in [3.63, 3.8) is 0 Å². The first-order valence-electron chi connectivity index (χ1n) is 12.1. The maximum atomic E-state index is 13.9. The number of carbonyl (C=O) groups is 1. The zero-order valence-corrected chi connectivity index (χ0v) is 22.0. The molecule has 4 nitrogen and oxygen atoms in total. The van der Waals surface area contributed by atoms with Crippen LogP contribution in [0.1, 0.15) is 39.2 Å². The predicted octanol–water partition coefficient (Wildman–Crippen LogP) is 7.55. The predicted molar refractivity (Wildman–Crippen MR) is 145 cm³/mol. The van der Waals surface area contributed by atoms with Gasteiger partial charge in [-0.15, -0.1) is 0 Å². The molecule has 0 spiro atoms. The number of halogens is 1. The van der Waals surface area contributed by atoms with Crippen molar-refractivity contribution in [2.45, 2.75) is 50.2 Å². The topological polar surface area (TPSA) is 60.4 Å². The third-order valence-electron chi connectivity index (χ3n) is 6.68. The van der Waals surface area contributed by atoms with Gasteiger partial charge in [-0.2, -0.15) is 0 Å². The first-order chi connectivity index (χ1) is 16.7. The van der Waals surface area contributed by atoms with Gasteiger partial charge in [-0.3, -0.25) is 0 Å². The molecular weight excluding hydrogens is 478 g/mol. The van der Waals surface area contributed by atoms with E-state index in [1.165, 1.54) is 0 Å². The molecule has 184 valence electrons. The van der Waals surface area contributed by atoms with Crippen LogP contribution in [0.15, 0.2) is 71.6 Å². The van der Waals surface area contributed by atoms with E-state index >= 15 is 0 Å². The summed E-state index contributed by atoms with van der Waals surface area (Å²) in [5.74, 6) is -0.0456. The Morgan fingerprint density at radius 3 is 2.57 bits per heavy atom. The Balaban J connectivity index is 1.82. The maximum absolute atomic E-state index is 13.9. The minimum atomic E-state index is -1.20. The fourth-order valence-electron chi connectivity index (χ4n) is 4.86. The number of aryl methyl sites for hydroxylation is 1. The van der Waals surface area contributed by atoms with Crippen LogP contribution in [0.3, 0.4) is 0 Å². The molecule has 4 rings (SSSR count). The molecule has 0 fully saturated rings. The first kappa shape index (κ1) is 25.6.